The van der Waals surface area contributed by atoms with E-state index < -0.39 is 23.5 Å². The van der Waals surface area contributed by atoms with Crippen molar-refractivity contribution < 1.29 is 26.3 Å². The zero-order valence-corrected chi connectivity index (χ0v) is 17.2. The molecule has 4 rings (SSSR count). The minimum absolute atomic E-state index is 0.420. The number of halogens is 6. The zero-order chi connectivity index (χ0) is 24.3. The Morgan fingerprint density at radius 1 is 0.529 bits per heavy atom. The third-order valence-electron chi connectivity index (χ3n) is 4.88. The van der Waals surface area contributed by atoms with E-state index in [-0.39, 0.29) is 0 Å². The highest BCUT2D eigenvalue weighted by Gasteiger charge is 2.30. The molecule has 7 heteroatoms. The molecule has 3 aromatic carbocycles. The number of hydrogen-bond acceptors (Lipinski definition) is 1. The van der Waals surface area contributed by atoms with E-state index in [2.05, 4.69) is 28.7 Å². The van der Waals surface area contributed by atoms with Gasteiger partial charge in [0, 0.05) is 28.3 Å². The Morgan fingerprint density at radius 3 is 1.50 bits per heavy atom. The maximum atomic E-state index is 12.7. The second-order valence-corrected chi connectivity index (χ2v) is 7.21. The smallest absolute Gasteiger partial charge is 0.255 e. The van der Waals surface area contributed by atoms with Gasteiger partial charge in [-0.25, -0.2) is 0 Å². The first-order valence-corrected chi connectivity index (χ1v) is 9.87. The SMILES string of the molecule is FC(F)(F)c1ccc(C#Cc2ccc(C#Cc3ccc(C(F)(F)F)cc3)c3ncccc23)cc1. The highest BCUT2D eigenvalue weighted by molar-refractivity contribution is 5.89. The molecule has 0 radical (unpaired) electrons. The Bertz CT molecular complexity index is 1340. The summed E-state index contributed by atoms with van der Waals surface area (Å²) < 4.78 is 76.3. The standard InChI is InChI=1S/C27H13F6N/c28-26(29,30)22-13-5-18(6-14-22)3-9-20-11-12-21(25-24(20)2-1-17-34-25)10-4-19-7-15-23(16-8-19)27(31,32)33/h1-2,5-8,11-17H. The van der Waals surface area contributed by atoms with E-state index in [0.29, 0.717) is 33.2 Å². The molecular weight excluding hydrogens is 452 g/mol. The summed E-state index contributed by atoms with van der Waals surface area (Å²) in [4.78, 5) is 4.35. The maximum absolute atomic E-state index is 12.7. The highest BCUT2D eigenvalue weighted by Crippen LogP contribution is 2.30. The molecule has 0 aliphatic heterocycles. The number of pyridine rings is 1. The van der Waals surface area contributed by atoms with Crippen LogP contribution in [-0.2, 0) is 12.4 Å². The summed E-state index contributed by atoms with van der Waals surface area (Å²) in [5.41, 5.74) is 1.09. The third kappa shape index (κ3) is 5.22. The van der Waals surface area contributed by atoms with Gasteiger partial charge in [-0.3, -0.25) is 4.98 Å². The molecule has 34 heavy (non-hydrogen) atoms. The molecule has 0 saturated carbocycles. The summed E-state index contributed by atoms with van der Waals surface area (Å²) in [6.07, 6.45) is -7.24. The fourth-order valence-electron chi connectivity index (χ4n) is 3.15. The first-order chi connectivity index (χ1) is 16.1. The van der Waals surface area contributed by atoms with Crippen molar-refractivity contribution in [3.8, 4) is 23.7 Å². The maximum Gasteiger partial charge on any atom is 0.416 e. The molecule has 1 nitrogen and oxygen atoms in total. The van der Waals surface area contributed by atoms with Crippen LogP contribution in [-0.4, -0.2) is 4.98 Å². The van der Waals surface area contributed by atoms with E-state index in [4.69, 9.17) is 0 Å². The first kappa shape index (κ1) is 22.9. The molecule has 0 saturated heterocycles. The van der Waals surface area contributed by atoms with E-state index in [9.17, 15) is 26.3 Å². The quantitative estimate of drug-likeness (QED) is 0.200. The topological polar surface area (TPSA) is 12.9 Å². The Hall–Kier alpha value is -4.23. The number of alkyl halides is 6. The summed E-state index contributed by atoms with van der Waals surface area (Å²) >= 11 is 0. The lowest BCUT2D eigenvalue weighted by atomic mass is 10.0. The lowest BCUT2D eigenvalue weighted by Crippen LogP contribution is -2.04. The van der Waals surface area contributed by atoms with Crippen LogP contribution in [0.1, 0.15) is 33.4 Å². The monoisotopic (exact) mass is 465 g/mol. The van der Waals surface area contributed by atoms with Gasteiger partial charge in [-0.05, 0) is 72.8 Å². The lowest BCUT2D eigenvalue weighted by molar-refractivity contribution is -0.138. The fourth-order valence-corrected chi connectivity index (χ4v) is 3.15. The first-order valence-electron chi connectivity index (χ1n) is 9.87. The molecule has 0 fully saturated rings. The van der Waals surface area contributed by atoms with Crippen LogP contribution >= 0.6 is 0 Å². The van der Waals surface area contributed by atoms with Crippen molar-refractivity contribution in [1.82, 2.24) is 4.98 Å². The highest BCUT2D eigenvalue weighted by atomic mass is 19.4. The number of aromatic nitrogens is 1. The number of rotatable bonds is 0. The second-order valence-electron chi connectivity index (χ2n) is 7.21. The molecule has 0 N–H and O–H groups in total. The summed E-state index contributed by atoms with van der Waals surface area (Å²) in [5, 5.41) is 0.695. The Balaban J connectivity index is 1.65. The molecule has 0 bridgehead atoms. The van der Waals surface area contributed by atoms with Crippen molar-refractivity contribution in [3.63, 3.8) is 0 Å². The van der Waals surface area contributed by atoms with Crippen LogP contribution in [0.5, 0.6) is 0 Å². The van der Waals surface area contributed by atoms with E-state index in [0.717, 1.165) is 24.3 Å². The van der Waals surface area contributed by atoms with Gasteiger partial charge in [-0.2, -0.15) is 26.3 Å². The third-order valence-corrected chi connectivity index (χ3v) is 4.88. The van der Waals surface area contributed by atoms with Crippen molar-refractivity contribution >= 4 is 10.9 Å². The predicted molar refractivity (Wildman–Crippen MR) is 117 cm³/mol. The van der Waals surface area contributed by atoms with Gasteiger partial charge in [-0.1, -0.05) is 23.7 Å². The number of hydrogen-bond donors (Lipinski definition) is 0. The average Bonchev–Trinajstić information content (AvgIpc) is 2.81. The molecule has 0 spiro atoms. The fraction of sp³-hybridized carbons (Fsp3) is 0.0741. The molecule has 168 valence electrons. The zero-order valence-electron chi connectivity index (χ0n) is 17.2. The number of benzene rings is 3. The van der Waals surface area contributed by atoms with Crippen LogP contribution in [0, 0.1) is 23.7 Å². The van der Waals surface area contributed by atoms with Crippen LogP contribution < -0.4 is 0 Å². The largest absolute Gasteiger partial charge is 0.416 e. The molecule has 1 heterocycles. The minimum atomic E-state index is -4.41. The summed E-state index contributed by atoms with van der Waals surface area (Å²) in [6.45, 7) is 0. The van der Waals surface area contributed by atoms with E-state index in [1.165, 1.54) is 24.3 Å². The van der Waals surface area contributed by atoms with E-state index >= 15 is 0 Å². The molecule has 1 aromatic heterocycles. The Labute approximate surface area is 191 Å². The van der Waals surface area contributed by atoms with Gasteiger partial charge in [-0.15, -0.1) is 0 Å². The summed E-state index contributed by atoms with van der Waals surface area (Å²) in [5.74, 6) is 11.6. The van der Waals surface area contributed by atoms with Crippen LogP contribution in [0.2, 0.25) is 0 Å². The number of fused-ring (bicyclic) bond motifs is 1. The lowest BCUT2D eigenvalue weighted by Gasteiger charge is -2.05. The van der Waals surface area contributed by atoms with Gasteiger partial charge in [0.15, 0.2) is 0 Å². The van der Waals surface area contributed by atoms with Gasteiger partial charge >= 0.3 is 12.4 Å². The van der Waals surface area contributed by atoms with Crippen LogP contribution in [0.15, 0.2) is 79.0 Å². The minimum Gasteiger partial charge on any atom is -0.255 e. The summed E-state index contributed by atoms with van der Waals surface area (Å²) in [7, 11) is 0. The van der Waals surface area contributed by atoms with Gasteiger partial charge < -0.3 is 0 Å². The van der Waals surface area contributed by atoms with Gasteiger partial charge in [0.05, 0.1) is 22.2 Å². The van der Waals surface area contributed by atoms with Crippen LogP contribution in [0.3, 0.4) is 0 Å². The van der Waals surface area contributed by atoms with Crippen LogP contribution in [0.25, 0.3) is 10.9 Å². The normalized spacial score (nSPS) is 11.4. The number of nitrogens with zero attached hydrogens (tertiary/aromatic N) is 1. The average molecular weight is 465 g/mol. The molecule has 0 unspecified atom stereocenters. The molecule has 0 aliphatic carbocycles. The van der Waals surface area contributed by atoms with E-state index in [1.54, 1.807) is 30.5 Å². The summed E-state index contributed by atoms with van der Waals surface area (Å²) in [6, 6.07) is 16.0. The Kier molecular flexibility index (Phi) is 6.04. The van der Waals surface area contributed by atoms with Gasteiger partial charge in [0.2, 0.25) is 0 Å². The molecular formula is C27H13F6N. The van der Waals surface area contributed by atoms with Gasteiger partial charge in [0.1, 0.15) is 0 Å². The van der Waals surface area contributed by atoms with E-state index in [1.807, 2.05) is 0 Å². The van der Waals surface area contributed by atoms with Crippen molar-refractivity contribution in [3.05, 3.63) is 112 Å². The predicted octanol–water partition coefficient (Wildman–Crippen LogP) is 7.07. The second kappa shape index (κ2) is 8.96. The van der Waals surface area contributed by atoms with Gasteiger partial charge in [0.25, 0.3) is 0 Å². The molecule has 0 atom stereocenters. The molecule has 4 aromatic rings. The van der Waals surface area contributed by atoms with Crippen molar-refractivity contribution in [2.75, 3.05) is 0 Å². The van der Waals surface area contributed by atoms with Crippen molar-refractivity contribution in [1.29, 1.82) is 0 Å². The van der Waals surface area contributed by atoms with Crippen LogP contribution in [0.4, 0.5) is 26.3 Å². The molecule has 0 aliphatic rings. The van der Waals surface area contributed by atoms with Crippen molar-refractivity contribution in [2.45, 2.75) is 12.4 Å². The molecule has 0 amide bonds. The van der Waals surface area contributed by atoms with Crippen molar-refractivity contribution in [2.24, 2.45) is 0 Å². The Morgan fingerprint density at radius 2 is 1.00 bits per heavy atom.